The number of hydrogen-bond donors (Lipinski definition) is 0. The van der Waals surface area contributed by atoms with Crippen LogP contribution in [-0.2, 0) is 14.3 Å². The minimum atomic E-state index is 0.261. The predicted molar refractivity (Wildman–Crippen MR) is 130 cm³/mol. The Labute approximate surface area is 197 Å². The molecule has 0 bridgehead atoms. The van der Waals surface area contributed by atoms with E-state index in [9.17, 15) is 4.79 Å². The standard InChI is InChI=1S/C16H30N2O2.C8H13NO.C2H6/c1-14(2)16-4-3-5-18(16)13-15(12-16)20-11-8-17-6-9-19-10-7-17;1-8-3-2-4-9(8)6-7(10)5-8;1-2/h14-15H,3-13H2,1-2H3;2-6H2,1H3;1-2H3. The zero-order valence-corrected chi connectivity index (χ0v) is 21.5. The minimum absolute atomic E-state index is 0.261. The van der Waals surface area contributed by atoms with Crippen molar-refractivity contribution in [2.45, 2.75) is 90.3 Å². The number of carbonyl (C=O) groups excluding carboxylic acids is 1. The summed E-state index contributed by atoms with van der Waals surface area (Å²) in [6.07, 6.45) is 7.74. The number of hydrogen-bond acceptors (Lipinski definition) is 6. The summed E-state index contributed by atoms with van der Waals surface area (Å²) in [5.74, 6) is 1.18. The molecule has 0 radical (unpaired) electrons. The smallest absolute Gasteiger partial charge is 0.148 e. The third-order valence-corrected chi connectivity index (χ3v) is 8.46. The Morgan fingerprint density at radius 3 is 2.41 bits per heavy atom. The summed E-state index contributed by atoms with van der Waals surface area (Å²) in [6.45, 7) is 21.1. The Balaban J connectivity index is 0.000000201. The van der Waals surface area contributed by atoms with Gasteiger partial charge in [-0.1, -0.05) is 27.7 Å². The molecule has 3 unspecified atom stereocenters. The highest BCUT2D eigenvalue weighted by atomic mass is 16.5. The number of fused-ring (bicyclic) bond motifs is 2. The summed E-state index contributed by atoms with van der Waals surface area (Å²) in [4.78, 5) is 18.5. The maximum atomic E-state index is 11.0. The van der Waals surface area contributed by atoms with Crippen LogP contribution in [-0.4, -0.2) is 103 Å². The predicted octanol–water partition coefficient (Wildman–Crippen LogP) is 3.44. The first kappa shape index (κ1) is 26.1. The fourth-order valence-corrected chi connectivity index (χ4v) is 6.58. The van der Waals surface area contributed by atoms with Gasteiger partial charge in [0, 0.05) is 43.7 Å². The van der Waals surface area contributed by atoms with Crippen LogP contribution in [0.1, 0.15) is 73.1 Å². The molecule has 3 atom stereocenters. The summed E-state index contributed by atoms with van der Waals surface area (Å²) in [5.41, 5.74) is 0.709. The third-order valence-electron chi connectivity index (χ3n) is 8.46. The van der Waals surface area contributed by atoms with E-state index in [0.29, 0.717) is 17.4 Å². The number of rotatable bonds is 5. The zero-order valence-electron chi connectivity index (χ0n) is 21.5. The molecule has 0 aromatic heterocycles. The molecule has 0 amide bonds. The van der Waals surface area contributed by atoms with Gasteiger partial charge >= 0.3 is 0 Å². The number of nitrogens with zero attached hydrogens (tertiary/aromatic N) is 3. The Bertz CT molecular complexity index is 595. The Morgan fingerprint density at radius 1 is 1.06 bits per heavy atom. The van der Waals surface area contributed by atoms with Gasteiger partial charge in [-0.05, 0) is 58.0 Å². The molecule has 5 aliphatic heterocycles. The molecule has 0 N–H and O–H groups in total. The van der Waals surface area contributed by atoms with Crippen LogP contribution in [0.2, 0.25) is 0 Å². The second kappa shape index (κ2) is 11.7. The molecular formula is C26H49N3O3. The van der Waals surface area contributed by atoms with Crippen LogP contribution in [0.4, 0.5) is 0 Å². The van der Waals surface area contributed by atoms with Crippen molar-refractivity contribution in [2.75, 3.05) is 65.6 Å². The van der Waals surface area contributed by atoms with Crippen molar-refractivity contribution in [1.82, 2.24) is 14.7 Å². The lowest BCUT2D eigenvalue weighted by Crippen LogP contribution is -2.42. The first-order chi connectivity index (χ1) is 15.4. The van der Waals surface area contributed by atoms with Gasteiger partial charge in [-0.25, -0.2) is 0 Å². The van der Waals surface area contributed by atoms with E-state index < -0.39 is 0 Å². The molecule has 0 aliphatic carbocycles. The van der Waals surface area contributed by atoms with Crippen LogP contribution in [0, 0.1) is 5.92 Å². The second-order valence-corrected chi connectivity index (χ2v) is 10.7. The van der Waals surface area contributed by atoms with Gasteiger partial charge in [0.25, 0.3) is 0 Å². The number of ether oxygens (including phenoxy) is 2. The van der Waals surface area contributed by atoms with Crippen molar-refractivity contribution in [3.05, 3.63) is 0 Å². The molecule has 5 heterocycles. The number of ketones is 1. The van der Waals surface area contributed by atoms with Gasteiger partial charge in [0.1, 0.15) is 5.78 Å². The van der Waals surface area contributed by atoms with Gasteiger partial charge in [-0.15, -0.1) is 0 Å². The monoisotopic (exact) mass is 451 g/mol. The number of carbonyl (C=O) groups is 1. The van der Waals surface area contributed by atoms with Gasteiger partial charge < -0.3 is 9.47 Å². The maximum absolute atomic E-state index is 11.0. The van der Waals surface area contributed by atoms with E-state index in [2.05, 4.69) is 35.5 Å². The molecule has 0 aromatic rings. The minimum Gasteiger partial charge on any atom is -0.379 e. The van der Waals surface area contributed by atoms with Crippen molar-refractivity contribution in [3.63, 3.8) is 0 Å². The first-order valence-corrected chi connectivity index (χ1v) is 13.3. The van der Waals surface area contributed by atoms with Crippen molar-refractivity contribution in [1.29, 1.82) is 0 Å². The van der Waals surface area contributed by atoms with Gasteiger partial charge in [0.05, 0.1) is 32.5 Å². The summed E-state index contributed by atoms with van der Waals surface area (Å²) >= 11 is 0. The molecule has 5 rings (SSSR count). The van der Waals surface area contributed by atoms with E-state index in [0.717, 1.165) is 71.4 Å². The summed E-state index contributed by atoms with van der Waals surface area (Å²) in [7, 11) is 0. The SMILES string of the molecule is CC.CC(C)C12CCCN1CC(OCCN1CCOCC1)C2.CC12CCCN1CC(=O)C2. The quantitative estimate of drug-likeness (QED) is 0.638. The van der Waals surface area contributed by atoms with E-state index in [-0.39, 0.29) is 5.54 Å². The largest absolute Gasteiger partial charge is 0.379 e. The van der Waals surface area contributed by atoms with Crippen molar-refractivity contribution in [3.8, 4) is 0 Å². The van der Waals surface area contributed by atoms with Crippen molar-refractivity contribution >= 4 is 5.78 Å². The van der Waals surface area contributed by atoms with Gasteiger partial charge in [0.15, 0.2) is 0 Å². The van der Waals surface area contributed by atoms with E-state index in [1.807, 2.05) is 13.8 Å². The Kier molecular flexibility index (Phi) is 9.57. The van der Waals surface area contributed by atoms with Crippen molar-refractivity contribution < 1.29 is 14.3 Å². The molecule has 32 heavy (non-hydrogen) atoms. The highest BCUT2D eigenvalue weighted by molar-refractivity contribution is 5.84. The first-order valence-electron chi connectivity index (χ1n) is 13.3. The molecule has 5 saturated heterocycles. The normalized spacial score (nSPS) is 35.3. The average molecular weight is 452 g/mol. The fourth-order valence-electron chi connectivity index (χ4n) is 6.58. The topological polar surface area (TPSA) is 45.2 Å². The van der Waals surface area contributed by atoms with Gasteiger partial charge in [-0.3, -0.25) is 19.5 Å². The van der Waals surface area contributed by atoms with E-state index >= 15 is 0 Å². The summed E-state index contributed by atoms with van der Waals surface area (Å²) < 4.78 is 11.6. The van der Waals surface area contributed by atoms with Crippen molar-refractivity contribution in [2.24, 2.45) is 5.92 Å². The van der Waals surface area contributed by atoms with Crippen LogP contribution in [0.15, 0.2) is 0 Å². The third kappa shape index (κ3) is 5.93. The fraction of sp³-hybridized carbons (Fsp3) is 0.962. The Hall–Kier alpha value is -0.530. The number of morpholine rings is 1. The van der Waals surface area contributed by atoms with E-state index in [1.54, 1.807) is 0 Å². The average Bonchev–Trinajstić information content (AvgIpc) is 3.49. The van der Waals surface area contributed by atoms with Crippen LogP contribution in [0.25, 0.3) is 0 Å². The molecule has 6 nitrogen and oxygen atoms in total. The molecule has 186 valence electrons. The lowest BCUT2D eigenvalue weighted by atomic mass is 9.82. The molecular weight excluding hydrogens is 402 g/mol. The van der Waals surface area contributed by atoms with E-state index in [4.69, 9.17) is 9.47 Å². The van der Waals surface area contributed by atoms with Gasteiger partial charge in [-0.2, -0.15) is 0 Å². The van der Waals surface area contributed by atoms with Crippen LogP contribution in [0.5, 0.6) is 0 Å². The molecule has 0 spiro atoms. The lowest BCUT2D eigenvalue weighted by molar-refractivity contribution is -0.117. The lowest BCUT2D eigenvalue weighted by Gasteiger charge is -2.35. The maximum Gasteiger partial charge on any atom is 0.148 e. The highest BCUT2D eigenvalue weighted by Crippen LogP contribution is 2.44. The molecule has 0 saturated carbocycles. The summed E-state index contributed by atoms with van der Waals surface area (Å²) in [5, 5.41) is 0. The molecule has 0 aromatic carbocycles. The second-order valence-electron chi connectivity index (χ2n) is 10.7. The highest BCUT2D eigenvalue weighted by Gasteiger charge is 2.50. The zero-order chi connectivity index (χ0) is 23.2. The van der Waals surface area contributed by atoms with Gasteiger partial charge in [0.2, 0.25) is 0 Å². The van der Waals surface area contributed by atoms with Crippen LogP contribution >= 0.6 is 0 Å². The Morgan fingerprint density at radius 2 is 1.75 bits per heavy atom. The molecule has 5 fully saturated rings. The van der Waals surface area contributed by atoms with E-state index in [1.165, 1.54) is 38.6 Å². The summed E-state index contributed by atoms with van der Waals surface area (Å²) in [6, 6.07) is 0. The van der Waals surface area contributed by atoms with Crippen LogP contribution < -0.4 is 0 Å². The van der Waals surface area contributed by atoms with Crippen LogP contribution in [0.3, 0.4) is 0 Å². The number of Topliss-reactive ketones (excluding diaryl/α,β-unsaturated/α-hetero) is 1. The molecule has 5 aliphatic rings. The molecule has 6 heteroatoms.